The van der Waals surface area contributed by atoms with E-state index < -0.39 is 23.4 Å². The third-order valence-electron chi connectivity index (χ3n) is 3.97. The van der Waals surface area contributed by atoms with Gasteiger partial charge >= 0.3 is 6.18 Å². The van der Waals surface area contributed by atoms with Gasteiger partial charge in [-0.1, -0.05) is 35.5 Å². The van der Waals surface area contributed by atoms with Gasteiger partial charge in [0.1, 0.15) is 5.56 Å². The van der Waals surface area contributed by atoms with Gasteiger partial charge < -0.3 is 9.84 Å². The predicted octanol–water partition coefficient (Wildman–Crippen LogP) is 3.96. The van der Waals surface area contributed by atoms with Gasteiger partial charge in [0.2, 0.25) is 0 Å². The van der Waals surface area contributed by atoms with Crippen LogP contribution in [0.5, 0.6) is 0 Å². The van der Waals surface area contributed by atoms with Gasteiger partial charge in [-0.2, -0.15) is 13.2 Å². The Morgan fingerprint density at radius 3 is 2.64 bits per heavy atom. The summed E-state index contributed by atoms with van der Waals surface area (Å²) in [6.07, 6.45) is -3.27. The normalized spacial score (nSPS) is 11.7. The number of benzene rings is 1. The number of amides is 1. The van der Waals surface area contributed by atoms with E-state index in [1.165, 1.54) is 23.6 Å². The first-order valence-electron chi connectivity index (χ1n) is 8.09. The van der Waals surface area contributed by atoms with Gasteiger partial charge in [0.05, 0.1) is 5.69 Å². The Hall–Kier alpha value is -3.69. The second-order valence-electron chi connectivity index (χ2n) is 5.94. The van der Waals surface area contributed by atoms with Crippen LogP contribution >= 0.6 is 0 Å². The predicted molar refractivity (Wildman–Crippen MR) is 92.6 cm³/mol. The number of carbonyl (C=O) groups is 1. The Kier molecular flexibility index (Phi) is 4.10. The highest BCUT2D eigenvalue weighted by Crippen LogP contribution is 2.33. The molecule has 28 heavy (non-hydrogen) atoms. The number of carbonyl (C=O) groups excluding carboxylic acids is 1. The molecule has 0 radical (unpaired) electrons. The number of rotatable bonds is 3. The average Bonchev–Trinajstić information content (AvgIpc) is 3.25. The first-order valence-corrected chi connectivity index (χ1v) is 8.09. The molecular formula is C18H12F3N5O2. The van der Waals surface area contributed by atoms with E-state index in [4.69, 9.17) is 0 Å². The Labute approximate surface area is 155 Å². The fraction of sp³-hybridized carbons (Fsp3) is 0.111. The van der Waals surface area contributed by atoms with Crippen LogP contribution in [-0.2, 0) is 6.18 Å². The Morgan fingerprint density at radius 1 is 1.18 bits per heavy atom. The van der Waals surface area contributed by atoms with Gasteiger partial charge in [0, 0.05) is 23.5 Å². The molecule has 1 amide bonds. The minimum Gasteiger partial charge on any atom is -0.351 e. The fourth-order valence-corrected chi connectivity index (χ4v) is 2.69. The van der Waals surface area contributed by atoms with Crippen LogP contribution in [0.25, 0.3) is 17.0 Å². The van der Waals surface area contributed by atoms with Crippen molar-refractivity contribution in [3.63, 3.8) is 0 Å². The number of nitrogens with zero attached hydrogens (tertiary/aromatic N) is 4. The van der Waals surface area contributed by atoms with Crippen molar-refractivity contribution < 1.29 is 22.5 Å². The minimum atomic E-state index is -4.82. The monoisotopic (exact) mass is 387 g/mol. The molecule has 0 spiro atoms. The topological polar surface area (TPSA) is 85.3 Å². The van der Waals surface area contributed by atoms with E-state index in [-0.39, 0.29) is 11.4 Å². The second-order valence-corrected chi connectivity index (χ2v) is 5.94. The van der Waals surface area contributed by atoms with E-state index in [0.717, 1.165) is 5.56 Å². The lowest BCUT2D eigenvalue weighted by Crippen LogP contribution is -2.18. The highest BCUT2D eigenvalue weighted by atomic mass is 19.4. The molecule has 1 aromatic carbocycles. The molecule has 0 unspecified atom stereocenters. The third kappa shape index (κ3) is 3.20. The summed E-state index contributed by atoms with van der Waals surface area (Å²) in [5.74, 6) is -1.92. The van der Waals surface area contributed by atoms with E-state index in [1.807, 2.05) is 30.3 Å². The summed E-state index contributed by atoms with van der Waals surface area (Å²) in [7, 11) is 0. The number of fused-ring (bicyclic) bond motifs is 1. The molecule has 3 heterocycles. The standard InChI is InChI=1S/C18H12F3N5O2/c1-10-14(15(28-25-10)18(19,20)21)17(27)22-12-7-8-26-13(9-12)23-16(24-26)11-5-3-2-4-6-11/h2-9H,1H3,(H,22,27). The van der Waals surface area contributed by atoms with E-state index in [9.17, 15) is 18.0 Å². The quantitative estimate of drug-likeness (QED) is 0.575. The summed E-state index contributed by atoms with van der Waals surface area (Å²) >= 11 is 0. The molecule has 0 aliphatic rings. The summed E-state index contributed by atoms with van der Waals surface area (Å²) < 4.78 is 44.8. The number of hydrogen-bond donors (Lipinski definition) is 1. The molecule has 4 rings (SSSR count). The number of alkyl halides is 3. The lowest BCUT2D eigenvalue weighted by Gasteiger charge is -2.07. The zero-order chi connectivity index (χ0) is 19.9. The lowest BCUT2D eigenvalue weighted by atomic mass is 10.1. The maximum Gasteiger partial charge on any atom is 0.453 e. The van der Waals surface area contributed by atoms with Gasteiger partial charge in [0.25, 0.3) is 11.7 Å². The summed E-state index contributed by atoms with van der Waals surface area (Å²) in [4.78, 5) is 16.8. The number of nitrogens with one attached hydrogen (secondary N) is 1. The van der Waals surface area contributed by atoms with E-state index >= 15 is 0 Å². The number of anilines is 1. The van der Waals surface area contributed by atoms with Crippen LogP contribution in [0.2, 0.25) is 0 Å². The van der Waals surface area contributed by atoms with Gasteiger partial charge in [-0.05, 0) is 13.0 Å². The summed E-state index contributed by atoms with van der Waals surface area (Å²) in [6.45, 7) is 1.27. The van der Waals surface area contributed by atoms with E-state index in [1.54, 1.807) is 6.20 Å². The first-order chi connectivity index (χ1) is 13.3. The minimum absolute atomic E-state index is 0.153. The molecule has 0 fully saturated rings. The zero-order valence-corrected chi connectivity index (χ0v) is 14.4. The first kappa shape index (κ1) is 17.7. The van der Waals surface area contributed by atoms with Crippen LogP contribution in [0.3, 0.4) is 0 Å². The average molecular weight is 387 g/mol. The van der Waals surface area contributed by atoms with Crippen molar-refractivity contribution in [2.75, 3.05) is 5.32 Å². The van der Waals surface area contributed by atoms with Crippen molar-refractivity contribution in [1.29, 1.82) is 0 Å². The number of halogens is 3. The number of pyridine rings is 1. The van der Waals surface area contributed by atoms with Crippen molar-refractivity contribution in [3.05, 3.63) is 65.7 Å². The van der Waals surface area contributed by atoms with E-state index in [2.05, 4.69) is 25.1 Å². The zero-order valence-electron chi connectivity index (χ0n) is 14.4. The van der Waals surface area contributed by atoms with Crippen molar-refractivity contribution >= 4 is 17.2 Å². The summed E-state index contributed by atoms with van der Waals surface area (Å²) in [5, 5.41) is 10.0. The van der Waals surface area contributed by atoms with Crippen LogP contribution in [0.1, 0.15) is 21.8 Å². The van der Waals surface area contributed by atoms with Gasteiger partial charge in [0.15, 0.2) is 11.5 Å². The Balaban J connectivity index is 1.64. The van der Waals surface area contributed by atoms with Crippen LogP contribution < -0.4 is 5.32 Å². The Bertz CT molecular complexity index is 1170. The van der Waals surface area contributed by atoms with Crippen LogP contribution in [0, 0.1) is 6.92 Å². The van der Waals surface area contributed by atoms with Crippen LogP contribution in [0.15, 0.2) is 53.2 Å². The largest absolute Gasteiger partial charge is 0.453 e. The van der Waals surface area contributed by atoms with Crippen molar-refractivity contribution in [2.45, 2.75) is 13.1 Å². The lowest BCUT2D eigenvalue weighted by molar-refractivity contribution is -0.155. The molecule has 0 saturated heterocycles. The van der Waals surface area contributed by atoms with Gasteiger partial charge in [-0.15, -0.1) is 5.10 Å². The molecule has 7 nitrogen and oxygen atoms in total. The molecule has 0 aliphatic carbocycles. The molecule has 0 atom stereocenters. The molecule has 3 aromatic heterocycles. The molecule has 0 bridgehead atoms. The van der Waals surface area contributed by atoms with Crippen molar-refractivity contribution in [2.24, 2.45) is 0 Å². The smallest absolute Gasteiger partial charge is 0.351 e. The summed E-state index contributed by atoms with van der Waals surface area (Å²) in [6, 6.07) is 12.3. The van der Waals surface area contributed by atoms with Crippen LogP contribution in [0.4, 0.5) is 18.9 Å². The SMILES string of the molecule is Cc1noc(C(F)(F)F)c1C(=O)Nc1ccn2nc(-c3ccccc3)nc2c1. The number of aryl methyl sites for hydroxylation is 1. The van der Waals surface area contributed by atoms with Crippen LogP contribution in [-0.4, -0.2) is 25.7 Å². The number of hydrogen-bond acceptors (Lipinski definition) is 5. The second kappa shape index (κ2) is 6.48. The molecule has 142 valence electrons. The summed E-state index contributed by atoms with van der Waals surface area (Å²) in [5.41, 5.74) is 0.693. The van der Waals surface area contributed by atoms with Crippen molar-refractivity contribution in [3.8, 4) is 11.4 Å². The maximum absolute atomic E-state index is 13.0. The molecule has 0 aliphatic heterocycles. The molecule has 4 aromatic rings. The molecule has 10 heteroatoms. The molecular weight excluding hydrogens is 375 g/mol. The fourth-order valence-electron chi connectivity index (χ4n) is 2.69. The highest BCUT2D eigenvalue weighted by Gasteiger charge is 2.42. The van der Waals surface area contributed by atoms with Crippen molar-refractivity contribution in [1.82, 2.24) is 19.8 Å². The Morgan fingerprint density at radius 2 is 1.93 bits per heavy atom. The number of aromatic nitrogens is 4. The molecule has 0 saturated carbocycles. The molecule has 1 N–H and O–H groups in total. The highest BCUT2D eigenvalue weighted by molar-refractivity contribution is 6.06. The van der Waals surface area contributed by atoms with Gasteiger partial charge in [-0.3, -0.25) is 4.79 Å². The van der Waals surface area contributed by atoms with Gasteiger partial charge in [-0.25, -0.2) is 9.50 Å². The maximum atomic E-state index is 13.0. The van der Waals surface area contributed by atoms with E-state index in [0.29, 0.717) is 11.5 Å². The third-order valence-corrected chi connectivity index (χ3v) is 3.97.